The molecule has 4 aliphatic rings. The molecule has 4 saturated carbocycles. The van der Waals surface area contributed by atoms with Gasteiger partial charge in [-0.25, -0.2) is 4.39 Å². The van der Waals surface area contributed by atoms with Crippen molar-refractivity contribution >= 4 is 27.5 Å². The maximum Gasteiger partial charge on any atom is 0.255 e. The van der Waals surface area contributed by atoms with Crippen molar-refractivity contribution in [2.45, 2.75) is 43.9 Å². The van der Waals surface area contributed by atoms with Gasteiger partial charge >= 0.3 is 0 Å². The molecule has 4 heteroatoms. The molecule has 0 radical (unpaired) electrons. The lowest BCUT2D eigenvalue weighted by molar-refractivity contribution is -0.00520. The Morgan fingerprint density at radius 3 is 2.11 bits per heavy atom. The Hall–Kier alpha value is -1.68. The van der Waals surface area contributed by atoms with Crippen LogP contribution in [0, 0.1) is 23.6 Å². The Morgan fingerprint density at radius 2 is 1.56 bits per heavy atom. The molecule has 6 rings (SSSR count). The molecule has 2 nitrogen and oxygen atoms in total. The van der Waals surface area contributed by atoms with Crippen LogP contribution in [0.1, 0.15) is 54.4 Å². The average Bonchev–Trinajstić information content (AvgIpc) is 2.62. The van der Waals surface area contributed by atoms with E-state index in [2.05, 4.69) is 33.4 Å². The third-order valence-corrected chi connectivity index (χ3v) is 7.63. The topological polar surface area (TPSA) is 29.1 Å². The molecule has 2 aromatic carbocycles. The second-order valence-corrected chi connectivity index (χ2v) is 9.71. The molecule has 27 heavy (non-hydrogen) atoms. The summed E-state index contributed by atoms with van der Waals surface area (Å²) in [5.74, 6) is 2.17. The SMILES string of the molecule is O=C(Nc1ccc(C23CC4CC(CC(C4)C2)C3)cc1Br)c1ccc(F)cc1. The number of halogens is 2. The van der Waals surface area contributed by atoms with Gasteiger partial charge in [0.25, 0.3) is 5.91 Å². The normalized spacial score (nSPS) is 31.1. The van der Waals surface area contributed by atoms with Gasteiger partial charge < -0.3 is 5.32 Å². The first-order valence-corrected chi connectivity index (χ1v) is 10.7. The molecule has 140 valence electrons. The molecule has 4 aliphatic carbocycles. The number of hydrogen-bond acceptors (Lipinski definition) is 1. The Bertz CT molecular complexity index is 856. The van der Waals surface area contributed by atoms with E-state index >= 15 is 0 Å². The molecule has 2 aromatic rings. The van der Waals surface area contributed by atoms with Crippen molar-refractivity contribution in [1.82, 2.24) is 0 Å². The summed E-state index contributed by atoms with van der Waals surface area (Å²) in [7, 11) is 0. The number of hydrogen-bond donors (Lipinski definition) is 1. The van der Waals surface area contributed by atoms with E-state index in [-0.39, 0.29) is 11.7 Å². The highest BCUT2D eigenvalue weighted by atomic mass is 79.9. The van der Waals surface area contributed by atoms with E-state index in [1.165, 1.54) is 68.4 Å². The molecule has 0 saturated heterocycles. The Kier molecular flexibility index (Phi) is 4.15. The van der Waals surface area contributed by atoms with E-state index < -0.39 is 0 Å². The minimum absolute atomic E-state index is 0.224. The largest absolute Gasteiger partial charge is 0.321 e. The van der Waals surface area contributed by atoms with E-state index in [0.29, 0.717) is 11.0 Å². The molecule has 0 spiro atoms. The van der Waals surface area contributed by atoms with Crippen LogP contribution >= 0.6 is 15.9 Å². The predicted octanol–water partition coefficient (Wildman–Crippen LogP) is 6.31. The van der Waals surface area contributed by atoms with Crippen LogP contribution in [0.2, 0.25) is 0 Å². The lowest BCUT2D eigenvalue weighted by Crippen LogP contribution is -2.48. The van der Waals surface area contributed by atoms with Crippen LogP contribution in [0.4, 0.5) is 10.1 Å². The lowest BCUT2D eigenvalue weighted by Gasteiger charge is -2.57. The van der Waals surface area contributed by atoms with Gasteiger partial charge in [0.1, 0.15) is 5.82 Å². The molecule has 1 N–H and O–H groups in total. The van der Waals surface area contributed by atoms with Gasteiger partial charge in [0.15, 0.2) is 0 Å². The van der Waals surface area contributed by atoms with Crippen molar-refractivity contribution < 1.29 is 9.18 Å². The first kappa shape index (κ1) is 17.4. The van der Waals surface area contributed by atoms with Crippen molar-refractivity contribution in [3.63, 3.8) is 0 Å². The third kappa shape index (κ3) is 3.12. The van der Waals surface area contributed by atoms with Gasteiger partial charge in [0.05, 0.1) is 5.69 Å². The Morgan fingerprint density at radius 1 is 0.963 bits per heavy atom. The molecule has 0 heterocycles. The summed E-state index contributed by atoms with van der Waals surface area (Å²) in [5.41, 5.74) is 2.98. The van der Waals surface area contributed by atoms with Crippen molar-refractivity contribution in [2.75, 3.05) is 5.32 Å². The Balaban J connectivity index is 1.38. The van der Waals surface area contributed by atoms with Crippen molar-refractivity contribution in [1.29, 1.82) is 0 Å². The fraction of sp³-hybridized carbons (Fsp3) is 0.435. The van der Waals surface area contributed by atoms with E-state index in [1.54, 1.807) is 0 Å². The second kappa shape index (κ2) is 6.44. The predicted molar refractivity (Wildman–Crippen MR) is 108 cm³/mol. The summed E-state index contributed by atoms with van der Waals surface area (Å²) in [6, 6.07) is 12.1. The van der Waals surface area contributed by atoms with Gasteiger partial charge in [0, 0.05) is 10.0 Å². The number of carbonyl (C=O) groups is 1. The van der Waals surface area contributed by atoms with E-state index in [9.17, 15) is 9.18 Å². The smallest absolute Gasteiger partial charge is 0.255 e. The van der Waals surface area contributed by atoms with Crippen LogP contribution < -0.4 is 5.32 Å². The van der Waals surface area contributed by atoms with E-state index in [1.807, 2.05) is 6.07 Å². The average molecular weight is 428 g/mol. The van der Waals surface area contributed by atoms with Crippen LogP contribution in [-0.2, 0) is 5.41 Å². The highest BCUT2D eigenvalue weighted by molar-refractivity contribution is 9.10. The third-order valence-electron chi connectivity index (χ3n) is 6.97. The first-order chi connectivity index (χ1) is 13.0. The zero-order valence-corrected chi connectivity index (χ0v) is 16.8. The number of carbonyl (C=O) groups excluding carboxylic acids is 1. The standard InChI is InChI=1S/C23H23BrFNO/c24-20-10-18(23-11-14-7-15(12-23)9-16(8-14)13-23)3-6-21(20)26-22(27)17-1-4-19(25)5-2-17/h1-6,10,14-16H,7-9,11-13H2,(H,26,27). The summed E-state index contributed by atoms with van der Waals surface area (Å²) in [4.78, 5) is 12.4. The van der Waals surface area contributed by atoms with E-state index in [0.717, 1.165) is 27.9 Å². The van der Waals surface area contributed by atoms with Gasteiger partial charge in [-0.15, -0.1) is 0 Å². The monoisotopic (exact) mass is 427 g/mol. The molecule has 0 unspecified atom stereocenters. The zero-order chi connectivity index (χ0) is 18.6. The molecule has 0 aliphatic heterocycles. The summed E-state index contributed by atoms with van der Waals surface area (Å²) in [5, 5.41) is 2.94. The Labute approximate surface area is 167 Å². The highest BCUT2D eigenvalue weighted by Crippen LogP contribution is 2.60. The van der Waals surface area contributed by atoms with Gasteiger partial charge in [-0.2, -0.15) is 0 Å². The molecule has 0 aromatic heterocycles. The van der Waals surface area contributed by atoms with Crippen molar-refractivity contribution in [3.05, 3.63) is 63.9 Å². The summed E-state index contributed by atoms with van der Waals surface area (Å²) in [6.45, 7) is 0. The van der Waals surface area contributed by atoms with Crippen LogP contribution in [0.5, 0.6) is 0 Å². The molecular weight excluding hydrogens is 405 g/mol. The second-order valence-electron chi connectivity index (χ2n) is 8.85. The number of rotatable bonds is 3. The number of anilines is 1. The fourth-order valence-corrected chi connectivity index (χ4v) is 6.68. The maximum absolute atomic E-state index is 13.1. The van der Waals surface area contributed by atoms with Crippen molar-refractivity contribution in [2.24, 2.45) is 17.8 Å². The molecule has 1 amide bonds. The molecule has 4 fully saturated rings. The summed E-state index contributed by atoms with van der Waals surface area (Å²) < 4.78 is 14.0. The molecular formula is C23H23BrFNO. The van der Waals surface area contributed by atoms with Crippen LogP contribution in [-0.4, -0.2) is 5.91 Å². The lowest BCUT2D eigenvalue weighted by atomic mass is 9.48. The number of amides is 1. The first-order valence-electron chi connectivity index (χ1n) is 9.88. The minimum atomic E-state index is -0.340. The van der Waals surface area contributed by atoms with Gasteiger partial charge in [-0.1, -0.05) is 6.07 Å². The summed E-state index contributed by atoms with van der Waals surface area (Å²) in [6.07, 6.45) is 8.29. The van der Waals surface area contributed by atoms with Crippen molar-refractivity contribution in [3.8, 4) is 0 Å². The number of benzene rings is 2. The summed E-state index contributed by atoms with van der Waals surface area (Å²) >= 11 is 3.66. The highest BCUT2D eigenvalue weighted by Gasteiger charge is 2.51. The number of nitrogens with one attached hydrogen (secondary N) is 1. The zero-order valence-electron chi connectivity index (χ0n) is 15.2. The van der Waals surface area contributed by atoms with Crippen LogP contribution in [0.3, 0.4) is 0 Å². The fourth-order valence-electron chi connectivity index (χ4n) is 6.21. The van der Waals surface area contributed by atoms with E-state index in [4.69, 9.17) is 0 Å². The quantitative estimate of drug-likeness (QED) is 0.610. The van der Waals surface area contributed by atoms with Crippen LogP contribution in [0.15, 0.2) is 46.9 Å². The van der Waals surface area contributed by atoms with Gasteiger partial charge in [-0.3, -0.25) is 4.79 Å². The van der Waals surface area contributed by atoms with Gasteiger partial charge in [-0.05, 0) is 120 Å². The minimum Gasteiger partial charge on any atom is -0.321 e. The van der Waals surface area contributed by atoms with Crippen LogP contribution in [0.25, 0.3) is 0 Å². The molecule has 4 bridgehead atoms. The van der Waals surface area contributed by atoms with Gasteiger partial charge in [0.2, 0.25) is 0 Å². The molecule has 0 atom stereocenters. The maximum atomic E-state index is 13.1.